The molecule has 0 spiro atoms. The van der Waals surface area contributed by atoms with Gasteiger partial charge < -0.3 is 14.2 Å². The maximum absolute atomic E-state index is 6.54. The first-order chi connectivity index (χ1) is 9.71. The van der Waals surface area contributed by atoms with Crippen molar-refractivity contribution in [3.63, 3.8) is 0 Å². The Labute approximate surface area is 128 Å². The molecule has 0 aliphatic rings. The van der Waals surface area contributed by atoms with Gasteiger partial charge in [0.25, 0.3) is 0 Å². The molecular formula is C15H17ClO3S. The van der Waals surface area contributed by atoms with Gasteiger partial charge in [0.1, 0.15) is 0 Å². The number of methoxy groups -OCH3 is 3. The lowest BCUT2D eigenvalue weighted by Gasteiger charge is -2.18. The van der Waals surface area contributed by atoms with Crippen molar-refractivity contribution in [1.29, 1.82) is 0 Å². The Hall–Kier alpha value is -1.39. The normalized spacial score (nSPS) is 12.0. The zero-order chi connectivity index (χ0) is 14.5. The minimum Gasteiger partial charge on any atom is -0.493 e. The maximum Gasteiger partial charge on any atom is 0.203 e. The van der Waals surface area contributed by atoms with Crippen molar-refractivity contribution in [3.8, 4) is 17.2 Å². The summed E-state index contributed by atoms with van der Waals surface area (Å²) in [5.74, 6) is 1.83. The van der Waals surface area contributed by atoms with Crippen molar-refractivity contribution in [1.82, 2.24) is 0 Å². The van der Waals surface area contributed by atoms with Crippen LogP contribution in [0.3, 0.4) is 0 Å². The number of halogens is 1. The summed E-state index contributed by atoms with van der Waals surface area (Å²) in [7, 11) is 4.79. The van der Waals surface area contributed by atoms with Crippen LogP contribution in [-0.2, 0) is 6.42 Å². The second-order valence-corrected chi connectivity index (χ2v) is 5.73. The molecule has 1 unspecified atom stereocenters. The second-order valence-electron chi connectivity index (χ2n) is 4.17. The molecule has 5 heteroatoms. The van der Waals surface area contributed by atoms with E-state index in [2.05, 4.69) is 6.07 Å². The van der Waals surface area contributed by atoms with Crippen LogP contribution in [0.4, 0.5) is 0 Å². The summed E-state index contributed by atoms with van der Waals surface area (Å²) in [5, 5.41) is 1.87. The molecule has 0 fully saturated rings. The Morgan fingerprint density at radius 1 is 1.05 bits per heavy atom. The lowest BCUT2D eigenvalue weighted by atomic mass is 10.1. The highest BCUT2D eigenvalue weighted by molar-refractivity contribution is 7.09. The van der Waals surface area contributed by atoms with Crippen LogP contribution in [0.2, 0.25) is 0 Å². The van der Waals surface area contributed by atoms with E-state index in [0.717, 1.165) is 12.0 Å². The van der Waals surface area contributed by atoms with Crippen molar-refractivity contribution >= 4 is 22.9 Å². The van der Waals surface area contributed by atoms with Crippen molar-refractivity contribution in [2.75, 3.05) is 21.3 Å². The predicted molar refractivity (Wildman–Crippen MR) is 82.7 cm³/mol. The minimum atomic E-state index is -0.177. The van der Waals surface area contributed by atoms with E-state index in [1.165, 1.54) is 4.88 Å². The summed E-state index contributed by atoms with van der Waals surface area (Å²) in [6.45, 7) is 0. The molecule has 1 atom stereocenters. The highest BCUT2D eigenvalue weighted by Gasteiger charge is 2.21. The summed E-state index contributed by atoms with van der Waals surface area (Å²) < 4.78 is 16.1. The SMILES string of the molecule is COc1ccc(C(Cl)Cc2cccs2)c(OC)c1OC. The van der Waals surface area contributed by atoms with Gasteiger partial charge in [0, 0.05) is 16.9 Å². The molecule has 0 aliphatic carbocycles. The standard InChI is InChI=1S/C15H17ClO3S/c1-17-13-7-6-11(14(18-2)15(13)19-3)12(16)9-10-5-4-8-20-10/h4-8,12H,9H2,1-3H3. The van der Waals surface area contributed by atoms with E-state index in [9.17, 15) is 0 Å². The molecule has 1 aromatic heterocycles. The maximum atomic E-state index is 6.54. The third kappa shape index (κ3) is 3.02. The minimum absolute atomic E-state index is 0.177. The van der Waals surface area contributed by atoms with Gasteiger partial charge in [-0.3, -0.25) is 0 Å². The van der Waals surface area contributed by atoms with Gasteiger partial charge in [-0.25, -0.2) is 0 Å². The fourth-order valence-corrected chi connectivity index (χ4v) is 3.27. The molecule has 0 aliphatic heterocycles. The fourth-order valence-electron chi connectivity index (χ4n) is 2.09. The number of alkyl halides is 1. The zero-order valence-corrected chi connectivity index (χ0v) is 13.3. The molecule has 1 aromatic carbocycles. The summed E-state index contributed by atoms with van der Waals surface area (Å²) in [5.41, 5.74) is 0.903. The zero-order valence-electron chi connectivity index (χ0n) is 11.7. The van der Waals surface area contributed by atoms with Crippen molar-refractivity contribution in [3.05, 3.63) is 40.1 Å². The molecule has 3 nitrogen and oxygen atoms in total. The summed E-state index contributed by atoms with van der Waals surface area (Å²) in [4.78, 5) is 1.24. The van der Waals surface area contributed by atoms with Gasteiger partial charge in [0.15, 0.2) is 11.5 Å². The van der Waals surface area contributed by atoms with Crippen LogP contribution in [0.1, 0.15) is 15.8 Å². The van der Waals surface area contributed by atoms with E-state index < -0.39 is 0 Å². The number of rotatable bonds is 6. The number of ether oxygens (including phenoxy) is 3. The fraction of sp³-hybridized carbons (Fsp3) is 0.333. The molecule has 108 valence electrons. The van der Waals surface area contributed by atoms with Crippen LogP contribution in [0, 0.1) is 0 Å². The molecule has 20 heavy (non-hydrogen) atoms. The third-order valence-electron chi connectivity index (χ3n) is 3.03. The molecule has 0 saturated carbocycles. The lowest BCUT2D eigenvalue weighted by molar-refractivity contribution is 0.322. The predicted octanol–water partition coefficient (Wildman–Crippen LogP) is 4.30. The van der Waals surface area contributed by atoms with Gasteiger partial charge in [-0.2, -0.15) is 0 Å². The lowest BCUT2D eigenvalue weighted by Crippen LogP contribution is -2.02. The van der Waals surface area contributed by atoms with Crippen LogP contribution in [0.15, 0.2) is 29.6 Å². The largest absolute Gasteiger partial charge is 0.493 e. The first-order valence-electron chi connectivity index (χ1n) is 6.16. The van der Waals surface area contributed by atoms with E-state index in [-0.39, 0.29) is 5.38 Å². The first-order valence-corrected chi connectivity index (χ1v) is 7.48. The van der Waals surface area contributed by atoms with Gasteiger partial charge >= 0.3 is 0 Å². The number of hydrogen-bond acceptors (Lipinski definition) is 4. The average molecular weight is 313 g/mol. The average Bonchev–Trinajstić information content (AvgIpc) is 2.98. The van der Waals surface area contributed by atoms with E-state index in [1.54, 1.807) is 32.7 Å². The van der Waals surface area contributed by atoms with E-state index in [0.29, 0.717) is 17.2 Å². The quantitative estimate of drug-likeness (QED) is 0.744. The number of benzene rings is 1. The molecule has 2 aromatic rings. The second kappa shape index (κ2) is 6.86. The molecule has 1 heterocycles. The summed E-state index contributed by atoms with van der Waals surface area (Å²) in [6, 6.07) is 7.87. The van der Waals surface area contributed by atoms with Crippen molar-refractivity contribution in [2.45, 2.75) is 11.8 Å². The molecular weight excluding hydrogens is 296 g/mol. The smallest absolute Gasteiger partial charge is 0.203 e. The summed E-state index contributed by atoms with van der Waals surface area (Å²) in [6.07, 6.45) is 0.755. The molecule has 0 N–H and O–H groups in total. The van der Waals surface area contributed by atoms with E-state index in [1.807, 2.05) is 23.6 Å². The molecule has 0 radical (unpaired) electrons. The number of hydrogen-bond donors (Lipinski definition) is 0. The molecule has 0 bridgehead atoms. The van der Waals surface area contributed by atoms with Gasteiger partial charge in [-0.15, -0.1) is 22.9 Å². The van der Waals surface area contributed by atoms with E-state index >= 15 is 0 Å². The molecule has 0 amide bonds. The summed E-state index contributed by atoms with van der Waals surface area (Å²) >= 11 is 8.23. The van der Waals surface area contributed by atoms with E-state index in [4.69, 9.17) is 25.8 Å². The monoisotopic (exact) mass is 312 g/mol. The van der Waals surface area contributed by atoms with Gasteiger partial charge in [-0.05, 0) is 23.6 Å². The molecule has 2 rings (SSSR count). The van der Waals surface area contributed by atoms with Crippen molar-refractivity contribution in [2.24, 2.45) is 0 Å². The Morgan fingerprint density at radius 3 is 2.35 bits per heavy atom. The van der Waals surface area contributed by atoms with Crippen LogP contribution in [0.25, 0.3) is 0 Å². The third-order valence-corrected chi connectivity index (χ3v) is 4.32. The topological polar surface area (TPSA) is 27.7 Å². The highest BCUT2D eigenvalue weighted by Crippen LogP contribution is 2.44. The van der Waals surface area contributed by atoms with Crippen LogP contribution >= 0.6 is 22.9 Å². The van der Waals surface area contributed by atoms with Crippen LogP contribution < -0.4 is 14.2 Å². The van der Waals surface area contributed by atoms with Gasteiger partial charge in [-0.1, -0.05) is 6.07 Å². The van der Waals surface area contributed by atoms with Gasteiger partial charge in [0.2, 0.25) is 5.75 Å². The molecule has 0 saturated heterocycles. The Kier molecular flexibility index (Phi) is 5.15. The van der Waals surface area contributed by atoms with Crippen LogP contribution in [-0.4, -0.2) is 21.3 Å². The number of thiophene rings is 1. The first kappa shape index (κ1) is 15.0. The highest BCUT2D eigenvalue weighted by atomic mass is 35.5. The van der Waals surface area contributed by atoms with Gasteiger partial charge in [0.05, 0.1) is 26.7 Å². The van der Waals surface area contributed by atoms with Crippen molar-refractivity contribution < 1.29 is 14.2 Å². The van der Waals surface area contributed by atoms with Crippen LogP contribution in [0.5, 0.6) is 17.2 Å². The Bertz CT molecular complexity index is 554. The Balaban J connectivity index is 2.35. The Morgan fingerprint density at radius 2 is 1.80 bits per heavy atom.